The number of esters is 1. The summed E-state index contributed by atoms with van der Waals surface area (Å²) < 4.78 is 4.73. The van der Waals surface area contributed by atoms with Crippen molar-refractivity contribution in [3.05, 3.63) is 64.2 Å². The molecule has 0 aliphatic heterocycles. The molecule has 0 unspecified atom stereocenters. The molecule has 0 aliphatic carbocycles. The number of methoxy groups -OCH3 is 1. The third-order valence-corrected chi connectivity index (χ3v) is 3.27. The largest absolute Gasteiger partial charge is 0.465 e. The van der Waals surface area contributed by atoms with Crippen LogP contribution in [-0.2, 0) is 11.3 Å². The van der Waals surface area contributed by atoms with Crippen molar-refractivity contribution in [3.63, 3.8) is 0 Å². The highest BCUT2D eigenvalue weighted by Gasteiger charge is 2.07. The summed E-state index contributed by atoms with van der Waals surface area (Å²) in [6, 6.07) is 13.1. The quantitative estimate of drug-likeness (QED) is 0.863. The minimum atomic E-state index is -0.337. The van der Waals surface area contributed by atoms with Gasteiger partial charge in [-0.25, -0.2) is 4.79 Å². The molecule has 2 aromatic rings. The normalized spacial score (nSPS) is 10.2. The molecular weight excluding hydrogens is 274 g/mol. The molecule has 0 bridgehead atoms. The van der Waals surface area contributed by atoms with Gasteiger partial charge in [0.1, 0.15) is 0 Å². The van der Waals surface area contributed by atoms with Crippen LogP contribution in [0.4, 0.5) is 5.69 Å². The zero-order chi connectivity index (χ0) is 14.5. The summed E-state index contributed by atoms with van der Waals surface area (Å²) in [5, 5.41) is 4.02. The lowest BCUT2D eigenvalue weighted by Gasteiger charge is -2.11. The smallest absolute Gasteiger partial charge is 0.337 e. The van der Waals surface area contributed by atoms with Crippen LogP contribution in [0.1, 0.15) is 21.5 Å². The summed E-state index contributed by atoms with van der Waals surface area (Å²) in [7, 11) is 1.38. The van der Waals surface area contributed by atoms with Crippen molar-refractivity contribution in [2.45, 2.75) is 13.5 Å². The second kappa shape index (κ2) is 6.44. The molecule has 3 nitrogen and oxygen atoms in total. The highest BCUT2D eigenvalue weighted by molar-refractivity contribution is 6.30. The second-order valence-corrected chi connectivity index (χ2v) is 4.94. The summed E-state index contributed by atoms with van der Waals surface area (Å²) >= 11 is 5.95. The van der Waals surface area contributed by atoms with E-state index >= 15 is 0 Å². The number of benzene rings is 2. The molecule has 0 saturated carbocycles. The fourth-order valence-corrected chi connectivity index (χ4v) is 2.11. The lowest BCUT2D eigenvalue weighted by Crippen LogP contribution is -2.05. The van der Waals surface area contributed by atoms with Crippen molar-refractivity contribution < 1.29 is 9.53 Å². The van der Waals surface area contributed by atoms with Gasteiger partial charge < -0.3 is 10.1 Å². The highest BCUT2D eigenvalue weighted by atomic mass is 35.5. The fourth-order valence-electron chi connectivity index (χ4n) is 1.90. The maximum absolute atomic E-state index is 11.5. The second-order valence-electron chi connectivity index (χ2n) is 4.50. The van der Waals surface area contributed by atoms with Crippen molar-refractivity contribution >= 4 is 23.3 Å². The van der Waals surface area contributed by atoms with E-state index in [4.69, 9.17) is 16.3 Å². The molecule has 0 aliphatic rings. The molecule has 2 rings (SSSR count). The summed E-state index contributed by atoms with van der Waals surface area (Å²) in [6.45, 7) is 2.63. The standard InChI is InChI=1S/C16H16ClNO2/c1-11-6-7-13(16(19)20-2)9-15(11)18-10-12-4-3-5-14(17)8-12/h3-9,18H,10H2,1-2H3. The van der Waals surface area contributed by atoms with Gasteiger partial charge in [0.05, 0.1) is 12.7 Å². The molecule has 20 heavy (non-hydrogen) atoms. The molecule has 1 N–H and O–H groups in total. The SMILES string of the molecule is COC(=O)c1ccc(C)c(NCc2cccc(Cl)c2)c1. The zero-order valence-electron chi connectivity index (χ0n) is 11.4. The summed E-state index contributed by atoms with van der Waals surface area (Å²) in [6.07, 6.45) is 0. The third-order valence-electron chi connectivity index (χ3n) is 3.03. The molecular formula is C16H16ClNO2. The van der Waals surface area contributed by atoms with Gasteiger partial charge in [-0.3, -0.25) is 0 Å². The molecule has 0 spiro atoms. The van der Waals surface area contributed by atoms with Crippen LogP contribution in [-0.4, -0.2) is 13.1 Å². The predicted molar refractivity (Wildman–Crippen MR) is 81.3 cm³/mol. The van der Waals surface area contributed by atoms with Crippen molar-refractivity contribution in [1.82, 2.24) is 0 Å². The maximum atomic E-state index is 11.5. The maximum Gasteiger partial charge on any atom is 0.337 e. The van der Waals surface area contributed by atoms with Gasteiger partial charge in [0.25, 0.3) is 0 Å². The predicted octanol–water partition coefficient (Wildman–Crippen LogP) is 4.05. The van der Waals surface area contributed by atoms with E-state index in [-0.39, 0.29) is 5.97 Å². The Morgan fingerprint density at radius 3 is 2.75 bits per heavy atom. The van der Waals surface area contributed by atoms with Crippen LogP contribution in [0.2, 0.25) is 5.02 Å². The number of carbonyl (C=O) groups excluding carboxylic acids is 1. The molecule has 2 aromatic carbocycles. The molecule has 0 atom stereocenters. The highest BCUT2D eigenvalue weighted by Crippen LogP contribution is 2.19. The van der Waals surface area contributed by atoms with Gasteiger partial charge in [-0.15, -0.1) is 0 Å². The van der Waals surface area contributed by atoms with Gasteiger partial charge in [-0.2, -0.15) is 0 Å². The van der Waals surface area contributed by atoms with Crippen LogP contribution in [0.25, 0.3) is 0 Å². The topological polar surface area (TPSA) is 38.3 Å². The van der Waals surface area contributed by atoms with E-state index in [9.17, 15) is 4.79 Å². The van der Waals surface area contributed by atoms with Crippen molar-refractivity contribution in [3.8, 4) is 0 Å². The van der Waals surface area contributed by atoms with E-state index in [1.54, 1.807) is 12.1 Å². The fraction of sp³-hybridized carbons (Fsp3) is 0.188. The van der Waals surface area contributed by atoms with Crippen LogP contribution in [0.5, 0.6) is 0 Å². The number of nitrogens with one attached hydrogen (secondary N) is 1. The average molecular weight is 290 g/mol. The molecule has 0 aromatic heterocycles. The Morgan fingerprint density at radius 2 is 2.05 bits per heavy atom. The Balaban J connectivity index is 2.14. The molecule has 104 valence electrons. The number of aryl methyl sites for hydroxylation is 1. The number of anilines is 1. The Bertz CT molecular complexity index is 626. The number of carbonyl (C=O) groups is 1. The molecule has 0 fully saturated rings. The molecule has 4 heteroatoms. The van der Waals surface area contributed by atoms with E-state index in [2.05, 4.69) is 5.32 Å². The Hall–Kier alpha value is -2.00. The van der Waals surface area contributed by atoms with E-state index in [0.717, 1.165) is 16.8 Å². The van der Waals surface area contributed by atoms with Gasteiger partial charge >= 0.3 is 5.97 Å². The first-order chi connectivity index (χ1) is 9.60. The first kappa shape index (κ1) is 14.4. The van der Waals surface area contributed by atoms with Gasteiger partial charge in [0.2, 0.25) is 0 Å². The number of rotatable bonds is 4. The van der Waals surface area contributed by atoms with E-state index in [0.29, 0.717) is 17.1 Å². The summed E-state index contributed by atoms with van der Waals surface area (Å²) in [5.74, 6) is -0.337. The van der Waals surface area contributed by atoms with Gasteiger partial charge in [0, 0.05) is 17.3 Å². The number of ether oxygens (including phenoxy) is 1. The molecule has 0 radical (unpaired) electrons. The van der Waals surface area contributed by atoms with Gasteiger partial charge in [-0.1, -0.05) is 29.8 Å². The van der Waals surface area contributed by atoms with E-state index in [1.165, 1.54) is 7.11 Å². The minimum Gasteiger partial charge on any atom is -0.465 e. The Morgan fingerprint density at radius 1 is 1.25 bits per heavy atom. The Labute approximate surface area is 123 Å². The summed E-state index contributed by atoms with van der Waals surface area (Å²) in [4.78, 5) is 11.5. The number of halogens is 1. The van der Waals surface area contributed by atoms with Crippen LogP contribution in [0, 0.1) is 6.92 Å². The van der Waals surface area contributed by atoms with E-state index in [1.807, 2.05) is 37.3 Å². The van der Waals surface area contributed by atoms with Crippen LogP contribution in [0.15, 0.2) is 42.5 Å². The van der Waals surface area contributed by atoms with E-state index < -0.39 is 0 Å². The average Bonchev–Trinajstić information content (AvgIpc) is 2.45. The van der Waals surface area contributed by atoms with Crippen LogP contribution < -0.4 is 5.32 Å². The summed E-state index contributed by atoms with van der Waals surface area (Å²) in [5.41, 5.74) is 3.60. The third kappa shape index (κ3) is 3.52. The molecule has 0 saturated heterocycles. The molecule has 0 amide bonds. The van der Waals surface area contributed by atoms with Crippen molar-refractivity contribution in [2.24, 2.45) is 0 Å². The lowest BCUT2D eigenvalue weighted by atomic mass is 10.1. The minimum absolute atomic E-state index is 0.337. The monoisotopic (exact) mass is 289 g/mol. The van der Waals surface area contributed by atoms with Crippen LogP contribution >= 0.6 is 11.6 Å². The van der Waals surface area contributed by atoms with Crippen LogP contribution in [0.3, 0.4) is 0 Å². The number of hydrogen-bond donors (Lipinski definition) is 1. The lowest BCUT2D eigenvalue weighted by molar-refractivity contribution is 0.0601. The van der Waals surface area contributed by atoms with Gasteiger partial charge in [-0.05, 0) is 42.3 Å². The zero-order valence-corrected chi connectivity index (χ0v) is 12.2. The Kier molecular flexibility index (Phi) is 4.64. The number of hydrogen-bond acceptors (Lipinski definition) is 3. The first-order valence-electron chi connectivity index (χ1n) is 6.27. The first-order valence-corrected chi connectivity index (χ1v) is 6.65. The molecule has 0 heterocycles. The van der Waals surface area contributed by atoms with Gasteiger partial charge in [0.15, 0.2) is 0 Å². The van der Waals surface area contributed by atoms with Crippen molar-refractivity contribution in [2.75, 3.05) is 12.4 Å². The van der Waals surface area contributed by atoms with Crippen molar-refractivity contribution in [1.29, 1.82) is 0 Å².